The number of pyridine rings is 1. The number of aromatic nitrogens is 3. The highest BCUT2D eigenvalue weighted by atomic mass is 16.5. The number of hydrogen-bond donors (Lipinski definition) is 0. The lowest BCUT2D eigenvalue weighted by Crippen LogP contribution is -2.63. The maximum Gasteiger partial charge on any atom is 0.272 e. The molecule has 0 unspecified atom stereocenters. The standard InChI is InChI=1S/C18H16N4O2/c23-17(14-5-3-7-16-19-12-20-22(14)16)21-9-18(10-21)8-13-4-1-2-6-15(13)24-11-18/h1-7,12H,8-11H2. The summed E-state index contributed by atoms with van der Waals surface area (Å²) < 4.78 is 7.50. The Morgan fingerprint density at radius 1 is 1.12 bits per heavy atom. The summed E-state index contributed by atoms with van der Waals surface area (Å²) in [5, 5.41) is 4.15. The van der Waals surface area contributed by atoms with E-state index >= 15 is 0 Å². The van der Waals surface area contributed by atoms with Gasteiger partial charge in [-0.2, -0.15) is 5.10 Å². The van der Waals surface area contributed by atoms with Crippen molar-refractivity contribution in [3.63, 3.8) is 0 Å². The lowest BCUT2D eigenvalue weighted by molar-refractivity contribution is -0.0295. The molecule has 0 aliphatic carbocycles. The molecular formula is C18H16N4O2. The molecule has 120 valence electrons. The van der Waals surface area contributed by atoms with Gasteiger partial charge >= 0.3 is 0 Å². The fraction of sp³-hybridized carbons (Fsp3) is 0.278. The van der Waals surface area contributed by atoms with Crippen LogP contribution in [0.4, 0.5) is 0 Å². The first-order valence-electron chi connectivity index (χ1n) is 8.03. The molecule has 0 bridgehead atoms. The summed E-state index contributed by atoms with van der Waals surface area (Å²) in [4.78, 5) is 18.8. The second-order valence-corrected chi connectivity index (χ2v) is 6.68. The molecule has 1 fully saturated rings. The van der Waals surface area contributed by atoms with E-state index in [1.807, 2.05) is 35.2 Å². The Morgan fingerprint density at radius 2 is 2.00 bits per heavy atom. The Balaban J connectivity index is 1.37. The Kier molecular flexibility index (Phi) is 2.71. The quantitative estimate of drug-likeness (QED) is 0.686. The van der Waals surface area contributed by atoms with Crippen LogP contribution < -0.4 is 4.74 Å². The SMILES string of the molecule is O=C(c1cccc2ncnn12)N1CC2(COc3ccccc3C2)C1. The number of carbonyl (C=O) groups excluding carboxylic acids is 1. The van der Waals surface area contributed by atoms with E-state index in [0.717, 1.165) is 12.2 Å². The summed E-state index contributed by atoms with van der Waals surface area (Å²) in [7, 11) is 0. The van der Waals surface area contributed by atoms with Crippen LogP contribution in [0.5, 0.6) is 5.75 Å². The second kappa shape index (κ2) is 4.80. The van der Waals surface area contributed by atoms with Gasteiger partial charge in [0.05, 0.1) is 6.61 Å². The van der Waals surface area contributed by atoms with Gasteiger partial charge in [0.1, 0.15) is 17.8 Å². The first-order chi connectivity index (χ1) is 11.7. The van der Waals surface area contributed by atoms with E-state index in [9.17, 15) is 4.79 Å². The van der Waals surface area contributed by atoms with Gasteiger partial charge in [0.15, 0.2) is 5.65 Å². The molecule has 0 atom stereocenters. The lowest BCUT2D eigenvalue weighted by atomic mass is 9.74. The first-order valence-corrected chi connectivity index (χ1v) is 8.03. The second-order valence-electron chi connectivity index (χ2n) is 6.68. The van der Waals surface area contributed by atoms with Gasteiger partial charge in [-0.1, -0.05) is 24.3 Å². The number of likely N-dealkylation sites (tertiary alicyclic amines) is 1. The molecule has 0 radical (unpaired) electrons. The van der Waals surface area contributed by atoms with Crippen LogP contribution in [-0.2, 0) is 6.42 Å². The smallest absolute Gasteiger partial charge is 0.272 e. The van der Waals surface area contributed by atoms with Gasteiger partial charge in [0, 0.05) is 18.5 Å². The summed E-state index contributed by atoms with van der Waals surface area (Å²) in [6.45, 7) is 2.10. The molecule has 2 aromatic heterocycles. The van der Waals surface area contributed by atoms with Crippen LogP contribution in [-0.4, -0.2) is 45.1 Å². The highest BCUT2D eigenvalue weighted by Gasteiger charge is 2.48. The molecule has 24 heavy (non-hydrogen) atoms. The van der Waals surface area contributed by atoms with Crippen molar-refractivity contribution >= 4 is 11.6 Å². The van der Waals surface area contributed by atoms with Crippen molar-refractivity contribution in [1.29, 1.82) is 0 Å². The van der Waals surface area contributed by atoms with Crippen molar-refractivity contribution in [1.82, 2.24) is 19.5 Å². The van der Waals surface area contributed by atoms with Gasteiger partial charge < -0.3 is 9.64 Å². The molecule has 2 aliphatic rings. The number of carbonyl (C=O) groups is 1. The third-order valence-electron chi connectivity index (χ3n) is 4.93. The Hall–Kier alpha value is -2.89. The number of rotatable bonds is 1. The maximum absolute atomic E-state index is 12.8. The highest BCUT2D eigenvalue weighted by molar-refractivity contribution is 5.93. The molecule has 2 aliphatic heterocycles. The molecule has 1 spiro atoms. The molecule has 1 amide bonds. The van der Waals surface area contributed by atoms with Crippen LogP contribution in [0.1, 0.15) is 16.1 Å². The van der Waals surface area contributed by atoms with Crippen LogP contribution in [0.15, 0.2) is 48.8 Å². The summed E-state index contributed by atoms with van der Waals surface area (Å²) in [6, 6.07) is 13.6. The number of para-hydroxylation sites is 1. The van der Waals surface area contributed by atoms with Crippen molar-refractivity contribution in [3.05, 3.63) is 60.0 Å². The summed E-state index contributed by atoms with van der Waals surface area (Å²) >= 11 is 0. The molecule has 6 heteroatoms. The number of ether oxygens (including phenoxy) is 1. The van der Waals surface area contributed by atoms with Gasteiger partial charge in [0.25, 0.3) is 5.91 Å². The number of amides is 1. The average molecular weight is 320 g/mol. The van der Waals surface area contributed by atoms with Gasteiger partial charge in [-0.05, 0) is 30.2 Å². The van der Waals surface area contributed by atoms with E-state index in [-0.39, 0.29) is 11.3 Å². The van der Waals surface area contributed by atoms with Crippen LogP contribution >= 0.6 is 0 Å². The monoisotopic (exact) mass is 320 g/mol. The predicted molar refractivity (Wildman–Crippen MR) is 87.0 cm³/mol. The van der Waals surface area contributed by atoms with Crippen molar-refractivity contribution in [3.8, 4) is 5.75 Å². The van der Waals surface area contributed by atoms with Crippen LogP contribution in [0, 0.1) is 5.41 Å². The zero-order valence-corrected chi connectivity index (χ0v) is 13.1. The molecule has 4 heterocycles. The number of benzene rings is 1. The van der Waals surface area contributed by atoms with Crippen molar-refractivity contribution < 1.29 is 9.53 Å². The number of fused-ring (bicyclic) bond motifs is 2. The normalized spacial score (nSPS) is 18.1. The van der Waals surface area contributed by atoms with Crippen molar-refractivity contribution in [2.45, 2.75) is 6.42 Å². The molecular weight excluding hydrogens is 304 g/mol. The van der Waals surface area contributed by atoms with E-state index in [2.05, 4.69) is 16.1 Å². The minimum Gasteiger partial charge on any atom is -0.493 e. The molecule has 0 saturated carbocycles. The molecule has 1 aromatic carbocycles. The largest absolute Gasteiger partial charge is 0.493 e. The van der Waals surface area contributed by atoms with Gasteiger partial charge in [0.2, 0.25) is 0 Å². The maximum atomic E-state index is 12.8. The molecule has 0 N–H and O–H groups in total. The van der Waals surface area contributed by atoms with Crippen LogP contribution in [0.25, 0.3) is 5.65 Å². The van der Waals surface area contributed by atoms with Crippen molar-refractivity contribution in [2.75, 3.05) is 19.7 Å². The fourth-order valence-electron chi connectivity index (χ4n) is 3.76. The third kappa shape index (κ3) is 1.92. The summed E-state index contributed by atoms with van der Waals surface area (Å²) in [5.41, 5.74) is 2.51. The lowest BCUT2D eigenvalue weighted by Gasteiger charge is -2.51. The Bertz CT molecular complexity index is 943. The third-order valence-corrected chi connectivity index (χ3v) is 4.93. The van der Waals surface area contributed by atoms with E-state index in [1.165, 1.54) is 11.9 Å². The summed E-state index contributed by atoms with van der Waals surface area (Å²) in [6.07, 6.45) is 2.43. The Labute approximate surface area is 138 Å². The predicted octanol–water partition coefficient (Wildman–Crippen LogP) is 1.81. The molecule has 5 rings (SSSR count). The van der Waals surface area contributed by atoms with E-state index in [4.69, 9.17) is 4.74 Å². The topological polar surface area (TPSA) is 59.7 Å². The number of hydrogen-bond acceptors (Lipinski definition) is 4. The Morgan fingerprint density at radius 3 is 2.92 bits per heavy atom. The highest BCUT2D eigenvalue weighted by Crippen LogP contribution is 2.41. The van der Waals surface area contributed by atoms with Crippen LogP contribution in [0.2, 0.25) is 0 Å². The van der Waals surface area contributed by atoms with Gasteiger partial charge in [-0.15, -0.1) is 0 Å². The van der Waals surface area contributed by atoms with Crippen LogP contribution in [0.3, 0.4) is 0 Å². The van der Waals surface area contributed by atoms with Gasteiger partial charge in [-0.3, -0.25) is 4.79 Å². The first kappa shape index (κ1) is 13.5. The molecule has 6 nitrogen and oxygen atoms in total. The minimum atomic E-state index is -0.00409. The zero-order chi connectivity index (χ0) is 16.1. The van der Waals surface area contributed by atoms with E-state index < -0.39 is 0 Å². The van der Waals surface area contributed by atoms with Crippen molar-refractivity contribution in [2.24, 2.45) is 5.41 Å². The van der Waals surface area contributed by atoms with Gasteiger partial charge in [-0.25, -0.2) is 9.50 Å². The van der Waals surface area contributed by atoms with E-state index in [0.29, 0.717) is 31.0 Å². The fourth-order valence-corrected chi connectivity index (χ4v) is 3.76. The van der Waals surface area contributed by atoms with E-state index in [1.54, 1.807) is 10.6 Å². The zero-order valence-electron chi connectivity index (χ0n) is 13.1. The molecule has 3 aromatic rings. The minimum absolute atomic E-state index is 0.00409. The number of nitrogens with zero attached hydrogens (tertiary/aromatic N) is 4. The summed E-state index contributed by atoms with van der Waals surface area (Å²) in [5.74, 6) is 0.968. The average Bonchev–Trinajstić information content (AvgIpc) is 3.07. The molecule has 1 saturated heterocycles.